The predicted octanol–water partition coefficient (Wildman–Crippen LogP) is 5.30. The molecule has 0 radical (unpaired) electrons. The summed E-state index contributed by atoms with van der Waals surface area (Å²) < 4.78 is 0. The molecule has 1 saturated carbocycles. The molecule has 1 aromatic carbocycles. The second kappa shape index (κ2) is 11.4. The van der Waals surface area contributed by atoms with Gasteiger partial charge in [0.05, 0.1) is 15.6 Å². The summed E-state index contributed by atoms with van der Waals surface area (Å²) in [5.41, 5.74) is 0.490. The van der Waals surface area contributed by atoms with Crippen molar-refractivity contribution in [3.05, 3.63) is 33.8 Å². The summed E-state index contributed by atoms with van der Waals surface area (Å²) in [5.74, 6) is 0.0914. The molecule has 7 heteroatoms. The molecule has 0 bridgehead atoms. The van der Waals surface area contributed by atoms with Crippen LogP contribution < -0.4 is 5.32 Å². The van der Waals surface area contributed by atoms with E-state index in [-0.39, 0.29) is 30.7 Å². The van der Waals surface area contributed by atoms with Gasteiger partial charge in [-0.25, -0.2) is 0 Å². The van der Waals surface area contributed by atoms with Crippen LogP contribution in [-0.4, -0.2) is 48.3 Å². The van der Waals surface area contributed by atoms with Gasteiger partial charge in [0, 0.05) is 18.5 Å². The lowest BCUT2D eigenvalue weighted by Crippen LogP contribution is -2.48. The van der Waals surface area contributed by atoms with Crippen molar-refractivity contribution >= 4 is 48.0 Å². The molecule has 2 N–H and O–H groups in total. The first kappa shape index (κ1) is 25.3. The molecule has 3 rings (SSSR count). The van der Waals surface area contributed by atoms with Crippen molar-refractivity contribution in [1.82, 2.24) is 10.2 Å². The largest absolute Gasteiger partial charge is 0.389 e. The van der Waals surface area contributed by atoms with Crippen molar-refractivity contribution in [2.24, 2.45) is 0 Å². The molecule has 27 heavy (non-hydrogen) atoms. The summed E-state index contributed by atoms with van der Waals surface area (Å²) in [6, 6.07) is 6.50. The number of halogens is 4. The maximum absolute atomic E-state index is 11.5. The molecule has 1 unspecified atom stereocenters. The maximum atomic E-state index is 11.5. The van der Waals surface area contributed by atoms with Gasteiger partial charge in [-0.2, -0.15) is 0 Å². The van der Waals surface area contributed by atoms with E-state index in [9.17, 15) is 5.11 Å². The van der Waals surface area contributed by atoms with Crippen LogP contribution in [0.5, 0.6) is 0 Å². The van der Waals surface area contributed by atoms with Crippen molar-refractivity contribution in [2.45, 2.75) is 62.5 Å². The molecule has 1 saturated heterocycles. The van der Waals surface area contributed by atoms with E-state index in [0.29, 0.717) is 16.1 Å². The van der Waals surface area contributed by atoms with Crippen molar-refractivity contribution < 1.29 is 5.11 Å². The van der Waals surface area contributed by atoms with E-state index in [1.165, 1.54) is 19.3 Å². The van der Waals surface area contributed by atoms with Gasteiger partial charge in [-0.05, 0) is 63.5 Å². The number of rotatable bonds is 5. The van der Waals surface area contributed by atoms with E-state index < -0.39 is 5.60 Å². The van der Waals surface area contributed by atoms with Gasteiger partial charge in [0.1, 0.15) is 0 Å². The molecule has 2 aliphatic rings. The number of aliphatic hydroxyl groups is 1. The molecule has 2 fully saturated rings. The Morgan fingerprint density at radius 3 is 2.30 bits per heavy atom. The van der Waals surface area contributed by atoms with Crippen LogP contribution in [0.2, 0.25) is 10.0 Å². The summed E-state index contributed by atoms with van der Waals surface area (Å²) in [6.07, 6.45) is 7.54. The molecule has 156 valence electrons. The van der Waals surface area contributed by atoms with Crippen LogP contribution >= 0.6 is 48.0 Å². The molecule has 3 nitrogen and oxygen atoms in total. The zero-order valence-electron chi connectivity index (χ0n) is 15.9. The predicted molar refractivity (Wildman–Crippen MR) is 120 cm³/mol. The third kappa shape index (κ3) is 6.37. The van der Waals surface area contributed by atoms with Gasteiger partial charge >= 0.3 is 0 Å². The Kier molecular flexibility index (Phi) is 10.7. The minimum absolute atomic E-state index is 0. The van der Waals surface area contributed by atoms with E-state index in [2.05, 4.69) is 10.2 Å². The van der Waals surface area contributed by atoms with Gasteiger partial charge in [-0.1, -0.05) is 48.5 Å². The smallest absolute Gasteiger partial charge is 0.0728 e. The number of piperidine rings is 1. The van der Waals surface area contributed by atoms with E-state index in [0.717, 1.165) is 50.9 Å². The zero-order valence-corrected chi connectivity index (χ0v) is 19.1. The molecule has 1 aliphatic heterocycles. The lowest BCUT2D eigenvalue weighted by molar-refractivity contribution is -0.0326. The Hall–Kier alpha value is 0.260. The monoisotopic (exact) mass is 456 g/mol. The van der Waals surface area contributed by atoms with Gasteiger partial charge in [0.2, 0.25) is 0 Å². The van der Waals surface area contributed by atoms with Crippen molar-refractivity contribution in [3.63, 3.8) is 0 Å². The average Bonchev–Trinajstić information content (AvgIpc) is 2.63. The Balaban J connectivity index is 0.00000182. The van der Waals surface area contributed by atoms with Gasteiger partial charge in [-0.15, -0.1) is 24.8 Å². The van der Waals surface area contributed by atoms with Crippen LogP contribution in [-0.2, 0) is 0 Å². The molecule has 1 heterocycles. The first-order valence-electron chi connectivity index (χ1n) is 9.59. The SMILES string of the molecule is CNC1CCN(CC(c2ccc(Cl)c(Cl)c2)C2(O)CCCCC2)CC1.Cl.Cl. The minimum Gasteiger partial charge on any atom is -0.389 e. The Morgan fingerprint density at radius 1 is 1.11 bits per heavy atom. The normalized spacial score (nSPS) is 21.8. The number of nitrogens with one attached hydrogen (secondary N) is 1. The number of hydrogen-bond donors (Lipinski definition) is 2. The summed E-state index contributed by atoms with van der Waals surface area (Å²) in [5, 5.41) is 16.0. The number of benzene rings is 1. The van der Waals surface area contributed by atoms with Crippen LogP contribution in [0.15, 0.2) is 18.2 Å². The average molecular weight is 458 g/mol. The Morgan fingerprint density at radius 2 is 1.74 bits per heavy atom. The van der Waals surface area contributed by atoms with Crippen LogP contribution in [0.4, 0.5) is 0 Å². The molecule has 0 spiro atoms. The van der Waals surface area contributed by atoms with Crippen molar-refractivity contribution in [2.75, 3.05) is 26.7 Å². The van der Waals surface area contributed by atoms with Crippen molar-refractivity contribution in [3.8, 4) is 0 Å². The second-order valence-corrected chi connectivity index (χ2v) is 8.57. The fraction of sp³-hybridized carbons (Fsp3) is 0.700. The van der Waals surface area contributed by atoms with Gasteiger partial charge in [-0.3, -0.25) is 0 Å². The fourth-order valence-electron chi connectivity index (χ4n) is 4.49. The van der Waals surface area contributed by atoms with E-state index in [1.54, 1.807) is 0 Å². The summed E-state index contributed by atoms with van der Waals surface area (Å²) in [4.78, 5) is 2.51. The quantitative estimate of drug-likeness (QED) is 0.629. The van der Waals surface area contributed by atoms with Crippen LogP contribution in [0.1, 0.15) is 56.4 Å². The standard InChI is InChI=1S/C20H30Cl2N2O.2ClH/c1-23-16-7-11-24(12-8-16)14-17(20(25)9-3-2-4-10-20)15-5-6-18(21)19(22)13-15;;/h5-6,13,16-17,23,25H,2-4,7-12,14H2,1H3;2*1H. The third-order valence-corrected chi connectivity index (χ3v) is 6.89. The highest BCUT2D eigenvalue weighted by Crippen LogP contribution is 2.42. The molecular formula is C20H32Cl4N2O. The topological polar surface area (TPSA) is 35.5 Å². The number of likely N-dealkylation sites (tertiary alicyclic amines) is 1. The summed E-state index contributed by atoms with van der Waals surface area (Å²) in [7, 11) is 2.05. The number of nitrogens with zero attached hydrogens (tertiary/aromatic N) is 1. The summed E-state index contributed by atoms with van der Waals surface area (Å²) in [6.45, 7) is 3.06. The lowest BCUT2D eigenvalue weighted by atomic mass is 9.72. The van der Waals surface area contributed by atoms with Crippen molar-refractivity contribution in [1.29, 1.82) is 0 Å². The van der Waals surface area contributed by atoms with Gasteiger partial charge in [0.15, 0.2) is 0 Å². The first-order valence-corrected chi connectivity index (χ1v) is 10.3. The highest BCUT2D eigenvalue weighted by Gasteiger charge is 2.40. The summed E-state index contributed by atoms with van der Waals surface area (Å²) >= 11 is 12.4. The Labute approximate surface area is 186 Å². The molecule has 1 atom stereocenters. The highest BCUT2D eigenvalue weighted by atomic mass is 35.5. The Bertz CT molecular complexity index is 573. The highest BCUT2D eigenvalue weighted by molar-refractivity contribution is 6.42. The lowest BCUT2D eigenvalue weighted by Gasteiger charge is -2.43. The number of hydrogen-bond acceptors (Lipinski definition) is 3. The fourth-order valence-corrected chi connectivity index (χ4v) is 4.80. The molecule has 1 aromatic rings. The van der Waals surface area contributed by atoms with E-state index in [4.69, 9.17) is 23.2 Å². The molecule has 1 aliphatic carbocycles. The van der Waals surface area contributed by atoms with E-state index in [1.807, 2.05) is 25.2 Å². The van der Waals surface area contributed by atoms with Crippen LogP contribution in [0, 0.1) is 0 Å². The molecular weight excluding hydrogens is 426 g/mol. The zero-order chi connectivity index (χ0) is 17.9. The molecule has 0 aromatic heterocycles. The molecule has 0 amide bonds. The third-order valence-electron chi connectivity index (χ3n) is 6.15. The van der Waals surface area contributed by atoms with E-state index >= 15 is 0 Å². The van der Waals surface area contributed by atoms with Gasteiger partial charge < -0.3 is 15.3 Å². The first-order chi connectivity index (χ1) is 12.0. The second-order valence-electron chi connectivity index (χ2n) is 7.75. The maximum Gasteiger partial charge on any atom is 0.0728 e. The van der Waals surface area contributed by atoms with Crippen LogP contribution in [0.25, 0.3) is 0 Å². The van der Waals surface area contributed by atoms with Crippen LogP contribution in [0.3, 0.4) is 0 Å². The van der Waals surface area contributed by atoms with Gasteiger partial charge in [0.25, 0.3) is 0 Å². The minimum atomic E-state index is -0.630.